The summed E-state index contributed by atoms with van der Waals surface area (Å²) in [4.78, 5) is 8.93. The second kappa shape index (κ2) is 7.29. The molecule has 1 aromatic rings. The molecule has 1 unspecified atom stereocenters. The topological polar surface area (TPSA) is 51.0 Å². The molecule has 142 valence electrons. The number of hydrogen-bond donors (Lipinski definition) is 0. The third-order valence-corrected chi connectivity index (χ3v) is 10.3. The number of ether oxygens (including phenoxy) is 1. The predicted octanol–water partition coefficient (Wildman–Crippen LogP) is 3.50. The zero-order chi connectivity index (χ0) is 18.1. The molecule has 2 aliphatic rings. The first-order valence-electron chi connectivity index (χ1n) is 9.47. The van der Waals surface area contributed by atoms with Crippen molar-refractivity contribution in [3.63, 3.8) is 0 Å². The molecule has 2 saturated heterocycles. The van der Waals surface area contributed by atoms with Crippen molar-refractivity contribution >= 4 is 20.2 Å². The van der Waals surface area contributed by atoms with Gasteiger partial charge in [-0.05, 0) is 31.0 Å². The van der Waals surface area contributed by atoms with Crippen LogP contribution in [-0.2, 0) is 9.16 Å². The molecule has 1 atom stereocenters. The van der Waals surface area contributed by atoms with Crippen molar-refractivity contribution in [2.75, 3.05) is 49.2 Å². The number of anilines is 2. The Hall–Kier alpha value is -1.05. The number of morpholine rings is 1. The minimum absolute atomic E-state index is 0.241. The van der Waals surface area contributed by atoms with Gasteiger partial charge in [0.05, 0.1) is 25.5 Å². The minimum Gasteiger partial charge on any atom is -0.412 e. The lowest BCUT2D eigenvalue weighted by molar-refractivity contribution is 0.120. The normalized spacial score (nSPS) is 23.2. The van der Waals surface area contributed by atoms with Crippen molar-refractivity contribution in [1.29, 1.82) is 0 Å². The van der Waals surface area contributed by atoms with Crippen molar-refractivity contribution in [3.05, 3.63) is 6.20 Å². The Kier molecular flexibility index (Phi) is 5.46. The van der Waals surface area contributed by atoms with Crippen LogP contribution < -0.4 is 9.80 Å². The Balaban J connectivity index is 1.62. The fourth-order valence-electron chi connectivity index (χ4n) is 3.13. The van der Waals surface area contributed by atoms with Gasteiger partial charge in [0, 0.05) is 26.2 Å². The van der Waals surface area contributed by atoms with E-state index in [0.717, 1.165) is 58.1 Å². The Morgan fingerprint density at radius 2 is 1.88 bits per heavy atom. The van der Waals surface area contributed by atoms with Crippen LogP contribution in [0.5, 0.6) is 0 Å². The molecule has 3 rings (SSSR count). The monoisotopic (exact) mass is 367 g/mol. The summed E-state index contributed by atoms with van der Waals surface area (Å²) < 4.78 is 18.1. The molecular weight excluding hydrogens is 334 g/mol. The van der Waals surface area contributed by atoms with Crippen LogP contribution in [0.3, 0.4) is 0 Å². The van der Waals surface area contributed by atoms with Gasteiger partial charge in [-0.25, -0.2) is 0 Å². The first-order chi connectivity index (χ1) is 11.8. The Morgan fingerprint density at radius 1 is 1.16 bits per heavy atom. The fourth-order valence-corrected chi connectivity index (χ4v) is 4.51. The molecule has 2 fully saturated rings. The number of aromatic nitrogens is 1. The number of piperidine rings is 1. The molecule has 6 nitrogen and oxygen atoms in total. The number of hydrogen-bond acceptors (Lipinski definition) is 6. The lowest BCUT2D eigenvalue weighted by Gasteiger charge is -2.42. The Bertz CT molecular complexity index is 564. The van der Waals surface area contributed by atoms with Gasteiger partial charge in [-0.3, -0.25) is 0 Å². The number of oxazole rings is 1. The molecule has 3 heterocycles. The zero-order valence-corrected chi connectivity index (χ0v) is 17.4. The molecule has 0 amide bonds. The van der Waals surface area contributed by atoms with E-state index in [1.807, 2.05) is 6.20 Å². The standard InChI is InChI=1S/C18H33N3O3Si/c1-18(2,3)25(4,5)24-15-7-6-8-21(14-15)16-13-19-17(23-16)20-9-11-22-12-10-20/h13,15H,6-12,14H2,1-5H3. The maximum atomic E-state index is 6.63. The highest BCUT2D eigenvalue weighted by molar-refractivity contribution is 6.74. The molecule has 25 heavy (non-hydrogen) atoms. The van der Waals surface area contributed by atoms with E-state index in [1.165, 1.54) is 0 Å². The summed E-state index contributed by atoms with van der Waals surface area (Å²) in [5.74, 6) is 0.866. The van der Waals surface area contributed by atoms with Crippen LogP contribution in [0.4, 0.5) is 11.9 Å². The number of nitrogens with zero attached hydrogens (tertiary/aromatic N) is 3. The van der Waals surface area contributed by atoms with Gasteiger partial charge in [0.25, 0.3) is 6.01 Å². The largest absolute Gasteiger partial charge is 0.412 e. The quantitative estimate of drug-likeness (QED) is 0.759. The molecule has 0 radical (unpaired) electrons. The summed E-state index contributed by atoms with van der Waals surface area (Å²) in [7, 11) is -1.74. The van der Waals surface area contributed by atoms with Gasteiger partial charge in [0.2, 0.25) is 5.88 Å². The second-order valence-corrected chi connectivity index (χ2v) is 13.4. The summed E-state index contributed by atoms with van der Waals surface area (Å²) in [5, 5.41) is 0.241. The zero-order valence-electron chi connectivity index (χ0n) is 16.4. The highest BCUT2D eigenvalue weighted by atomic mass is 28.4. The third kappa shape index (κ3) is 4.38. The lowest BCUT2D eigenvalue weighted by atomic mass is 10.1. The van der Waals surface area contributed by atoms with E-state index in [1.54, 1.807) is 0 Å². The lowest BCUT2D eigenvalue weighted by Crippen LogP contribution is -2.49. The van der Waals surface area contributed by atoms with Crippen molar-refractivity contribution in [2.24, 2.45) is 0 Å². The van der Waals surface area contributed by atoms with Crippen LogP contribution >= 0.6 is 0 Å². The average molecular weight is 368 g/mol. The molecule has 1 aromatic heterocycles. The van der Waals surface area contributed by atoms with Crippen LogP contribution in [0.25, 0.3) is 0 Å². The highest BCUT2D eigenvalue weighted by Crippen LogP contribution is 2.38. The Morgan fingerprint density at radius 3 is 2.56 bits per heavy atom. The van der Waals surface area contributed by atoms with Crippen molar-refractivity contribution in [1.82, 2.24) is 4.98 Å². The summed E-state index contributed by atoms with van der Waals surface area (Å²) in [6, 6.07) is 0.714. The summed E-state index contributed by atoms with van der Waals surface area (Å²) >= 11 is 0. The van der Waals surface area contributed by atoms with E-state index >= 15 is 0 Å². The summed E-state index contributed by atoms with van der Waals surface area (Å²) in [5.41, 5.74) is 0. The second-order valence-electron chi connectivity index (χ2n) is 8.67. The van der Waals surface area contributed by atoms with Crippen LogP contribution in [0, 0.1) is 0 Å². The van der Waals surface area contributed by atoms with Gasteiger partial charge in [0.15, 0.2) is 8.32 Å². The minimum atomic E-state index is -1.74. The predicted molar refractivity (Wildman–Crippen MR) is 103 cm³/mol. The molecule has 0 saturated carbocycles. The third-order valence-electron chi connectivity index (χ3n) is 5.72. The molecular formula is C18H33N3O3Si. The van der Waals surface area contributed by atoms with Crippen molar-refractivity contribution in [2.45, 2.75) is 57.8 Å². The van der Waals surface area contributed by atoms with E-state index in [-0.39, 0.29) is 11.1 Å². The molecule has 0 N–H and O–H groups in total. The van der Waals surface area contributed by atoms with Crippen LogP contribution in [0.2, 0.25) is 18.1 Å². The first-order valence-corrected chi connectivity index (χ1v) is 12.4. The maximum Gasteiger partial charge on any atom is 0.299 e. The van der Waals surface area contributed by atoms with Gasteiger partial charge in [-0.1, -0.05) is 20.8 Å². The molecule has 2 aliphatic heterocycles. The van der Waals surface area contributed by atoms with Crippen molar-refractivity contribution < 1.29 is 13.6 Å². The molecule has 0 aromatic carbocycles. The van der Waals surface area contributed by atoms with Gasteiger partial charge < -0.3 is 23.4 Å². The SMILES string of the molecule is CC(C)(C)[Si](C)(C)OC1CCCN(c2cnc(N3CCOCC3)o2)C1. The van der Waals surface area contributed by atoms with E-state index < -0.39 is 8.32 Å². The maximum absolute atomic E-state index is 6.63. The van der Waals surface area contributed by atoms with E-state index in [9.17, 15) is 0 Å². The van der Waals surface area contributed by atoms with Crippen molar-refractivity contribution in [3.8, 4) is 0 Å². The van der Waals surface area contributed by atoms with Crippen LogP contribution in [0.1, 0.15) is 33.6 Å². The molecule has 0 aliphatic carbocycles. The van der Waals surface area contributed by atoms with E-state index in [4.69, 9.17) is 13.6 Å². The van der Waals surface area contributed by atoms with Gasteiger partial charge >= 0.3 is 0 Å². The van der Waals surface area contributed by atoms with Crippen LogP contribution in [-0.4, -0.2) is 58.8 Å². The van der Waals surface area contributed by atoms with Gasteiger partial charge in [-0.2, -0.15) is 4.98 Å². The average Bonchev–Trinajstić information content (AvgIpc) is 3.04. The van der Waals surface area contributed by atoms with Gasteiger partial charge in [0.1, 0.15) is 0 Å². The highest BCUT2D eigenvalue weighted by Gasteiger charge is 2.40. The Labute approximate surface area is 152 Å². The fraction of sp³-hybridized carbons (Fsp3) is 0.833. The van der Waals surface area contributed by atoms with E-state index in [0.29, 0.717) is 6.01 Å². The van der Waals surface area contributed by atoms with Gasteiger partial charge in [-0.15, -0.1) is 0 Å². The smallest absolute Gasteiger partial charge is 0.299 e. The summed E-state index contributed by atoms with van der Waals surface area (Å²) in [6.45, 7) is 16.6. The van der Waals surface area contributed by atoms with Crippen LogP contribution in [0.15, 0.2) is 10.6 Å². The molecule has 7 heteroatoms. The first kappa shape index (κ1) is 18.7. The number of rotatable bonds is 4. The van der Waals surface area contributed by atoms with E-state index in [2.05, 4.69) is 48.6 Å². The molecule has 0 bridgehead atoms. The molecule has 0 spiro atoms. The summed E-state index contributed by atoms with van der Waals surface area (Å²) in [6.07, 6.45) is 4.41.